The van der Waals surface area contributed by atoms with Gasteiger partial charge in [-0.05, 0) is 25.0 Å². The predicted octanol–water partition coefficient (Wildman–Crippen LogP) is 3.04. The van der Waals surface area contributed by atoms with Gasteiger partial charge in [0.25, 0.3) is 0 Å². The molecule has 1 aromatic carbocycles. The highest BCUT2D eigenvalue weighted by Crippen LogP contribution is 2.34. The first-order valence-electron chi connectivity index (χ1n) is 5.02. The zero-order chi connectivity index (χ0) is 12.6. The Labute approximate surface area is 108 Å². The molecule has 0 aromatic heterocycles. The van der Waals surface area contributed by atoms with E-state index in [0.717, 1.165) is 12.8 Å². The first-order chi connectivity index (χ1) is 7.99. The Balaban J connectivity index is 2.36. The molecule has 6 heteroatoms. The second-order valence-electron chi connectivity index (χ2n) is 3.88. The maximum absolute atomic E-state index is 11.6. The zero-order valence-electron chi connectivity index (χ0n) is 8.67. The number of hydrogen-bond donors (Lipinski definition) is 2. The molecule has 0 spiro atoms. The number of benzene rings is 1. The maximum atomic E-state index is 11.6. The van der Waals surface area contributed by atoms with Crippen LogP contribution < -0.4 is 5.32 Å². The smallest absolute Gasteiger partial charge is 0.337 e. The van der Waals surface area contributed by atoms with E-state index in [1.165, 1.54) is 12.1 Å². The standard InChI is InChI=1S/C11H9Cl2NO3/c12-6-3-7(11(16)17)9(8(13)4-6)14-10(15)5-1-2-5/h3-5H,1-2H2,(H,14,15)(H,16,17). The van der Waals surface area contributed by atoms with Crippen LogP contribution >= 0.6 is 23.2 Å². The van der Waals surface area contributed by atoms with Gasteiger partial charge in [-0.2, -0.15) is 0 Å². The summed E-state index contributed by atoms with van der Waals surface area (Å²) >= 11 is 11.6. The fourth-order valence-electron chi connectivity index (χ4n) is 1.44. The molecule has 0 aliphatic heterocycles. The van der Waals surface area contributed by atoms with Gasteiger partial charge in [-0.25, -0.2) is 4.79 Å². The highest BCUT2D eigenvalue weighted by molar-refractivity contribution is 6.37. The van der Waals surface area contributed by atoms with Crippen LogP contribution in [0.15, 0.2) is 12.1 Å². The number of nitrogens with one attached hydrogen (secondary N) is 1. The molecular formula is C11H9Cl2NO3. The summed E-state index contributed by atoms with van der Waals surface area (Å²) in [6, 6.07) is 2.66. The summed E-state index contributed by atoms with van der Waals surface area (Å²) < 4.78 is 0. The number of carboxylic acids is 1. The van der Waals surface area contributed by atoms with Crippen molar-refractivity contribution in [1.29, 1.82) is 0 Å². The van der Waals surface area contributed by atoms with Gasteiger partial charge in [-0.15, -0.1) is 0 Å². The molecule has 2 rings (SSSR count). The number of carbonyl (C=O) groups is 2. The van der Waals surface area contributed by atoms with Crippen LogP contribution in [0.4, 0.5) is 5.69 Å². The molecule has 0 heterocycles. The van der Waals surface area contributed by atoms with Crippen molar-refractivity contribution in [3.8, 4) is 0 Å². The second-order valence-corrected chi connectivity index (χ2v) is 4.72. The topological polar surface area (TPSA) is 66.4 Å². The minimum Gasteiger partial charge on any atom is -0.478 e. The number of rotatable bonds is 3. The van der Waals surface area contributed by atoms with Gasteiger partial charge in [-0.1, -0.05) is 23.2 Å². The van der Waals surface area contributed by atoms with Crippen molar-refractivity contribution < 1.29 is 14.7 Å². The number of hydrogen-bond acceptors (Lipinski definition) is 2. The van der Waals surface area contributed by atoms with E-state index in [-0.39, 0.29) is 33.1 Å². The lowest BCUT2D eigenvalue weighted by molar-refractivity contribution is -0.117. The third-order valence-corrected chi connectivity index (χ3v) is 3.00. The summed E-state index contributed by atoms with van der Waals surface area (Å²) in [5.41, 5.74) is 0.0111. The fourth-order valence-corrected chi connectivity index (χ4v) is 1.98. The number of aromatic carboxylic acids is 1. The molecule has 0 unspecified atom stereocenters. The number of carboxylic acid groups (broad SMARTS) is 1. The van der Waals surface area contributed by atoms with Gasteiger partial charge < -0.3 is 10.4 Å². The van der Waals surface area contributed by atoms with E-state index in [0.29, 0.717) is 0 Å². The predicted molar refractivity (Wildman–Crippen MR) is 64.8 cm³/mol. The largest absolute Gasteiger partial charge is 0.478 e. The van der Waals surface area contributed by atoms with E-state index in [4.69, 9.17) is 28.3 Å². The molecule has 1 aromatic rings. The molecule has 1 aliphatic rings. The Morgan fingerprint density at radius 2 is 1.94 bits per heavy atom. The van der Waals surface area contributed by atoms with E-state index >= 15 is 0 Å². The average molecular weight is 274 g/mol. The highest BCUT2D eigenvalue weighted by Gasteiger charge is 2.31. The number of anilines is 1. The van der Waals surface area contributed by atoms with Crippen LogP contribution in [0.2, 0.25) is 10.0 Å². The summed E-state index contributed by atoms with van der Waals surface area (Å²) in [5.74, 6) is -1.40. The van der Waals surface area contributed by atoms with Gasteiger partial charge in [-0.3, -0.25) is 4.79 Å². The highest BCUT2D eigenvalue weighted by atomic mass is 35.5. The van der Waals surface area contributed by atoms with Crippen molar-refractivity contribution in [1.82, 2.24) is 0 Å². The monoisotopic (exact) mass is 273 g/mol. The lowest BCUT2D eigenvalue weighted by Gasteiger charge is -2.10. The van der Waals surface area contributed by atoms with Crippen LogP contribution in [0.25, 0.3) is 0 Å². The summed E-state index contributed by atoms with van der Waals surface area (Å²) in [5, 5.41) is 11.9. The molecule has 1 saturated carbocycles. The molecule has 0 radical (unpaired) electrons. The van der Waals surface area contributed by atoms with Crippen LogP contribution in [0.3, 0.4) is 0 Å². The van der Waals surface area contributed by atoms with Gasteiger partial charge in [0.1, 0.15) is 0 Å². The zero-order valence-corrected chi connectivity index (χ0v) is 10.2. The number of halogens is 2. The number of amides is 1. The van der Waals surface area contributed by atoms with Crippen LogP contribution in [0.5, 0.6) is 0 Å². The van der Waals surface area contributed by atoms with Crippen molar-refractivity contribution >= 4 is 40.8 Å². The quantitative estimate of drug-likeness (QED) is 0.890. The van der Waals surface area contributed by atoms with Crippen molar-refractivity contribution in [3.63, 3.8) is 0 Å². The normalized spacial score (nSPS) is 14.5. The first kappa shape index (κ1) is 12.2. The minimum atomic E-state index is -1.18. The van der Waals surface area contributed by atoms with Crippen molar-refractivity contribution in [3.05, 3.63) is 27.7 Å². The van der Waals surface area contributed by atoms with E-state index in [9.17, 15) is 9.59 Å². The van der Waals surface area contributed by atoms with E-state index < -0.39 is 5.97 Å². The van der Waals surface area contributed by atoms with Crippen LogP contribution in [-0.2, 0) is 4.79 Å². The van der Waals surface area contributed by atoms with Crippen LogP contribution in [0.1, 0.15) is 23.2 Å². The van der Waals surface area contributed by atoms with Crippen molar-refractivity contribution in [2.24, 2.45) is 5.92 Å². The molecule has 0 atom stereocenters. The molecule has 2 N–H and O–H groups in total. The summed E-state index contributed by atoms with van der Waals surface area (Å²) in [6.07, 6.45) is 1.67. The SMILES string of the molecule is O=C(O)c1cc(Cl)cc(Cl)c1NC(=O)C1CC1. The van der Waals surface area contributed by atoms with Crippen LogP contribution in [-0.4, -0.2) is 17.0 Å². The molecule has 0 bridgehead atoms. The van der Waals surface area contributed by atoms with Crippen molar-refractivity contribution in [2.45, 2.75) is 12.8 Å². The maximum Gasteiger partial charge on any atom is 0.337 e. The molecule has 17 heavy (non-hydrogen) atoms. The Hall–Kier alpha value is -1.26. The molecular weight excluding hydrogens is 265 g/mol. The van der Waals surface area contributed by atoms with Gasteiger partial charge in [0.15, 0.2) is 0 Å². The lowest BCUT2D eigenvalue weighted by Crippen LogP contribution is -2.16. The average Bonchev–Trinajstić information content (AvgIpc) is 3.04. The van der Waals surface area contributed by atoms with Gasteiger partial charge in [0, 0.05) is 10.9 Å². The Morgan fingerprint density at radius 1 is 1.29 bits per heavy atom. The fraction of sp³-hybridized carbons (Fsp3) is 0.273. The van der Waals surface area contributed by atoms with E-state index in [1.807, 2.05) is 0 Å². The Kier molecular flexibility index (Phi) is 3.26. The third kappa shape index (κ3) is 2.70. The molecule has 90 valence electrons. The van der Waals surface area contributed by atoms with Crippen molar-refractivity contribution in [2.75, 3.05) is 5.32 Å². The summed E-state index contributed by atoms with van der Waals surface area (Å²) in [7, 11) is 0. The summed E-state index contributed by atoms with van der Waals surface area (Å²) in [6.45, 7) is 0. The minimum absolute atomic E-state index is 0.0246. The third-order valence-electron chi connectivity index (χ3n) is 2.48. The lowest BCUT2D eigenvalue weighted by atomic mass is 10.1. The molecule has 1 aliphatic carbocycles. The van der Waals surface area contributed by atoms with E-state index in [2.05, 4.69) is 5.32 Å². The second kappa shape index (κ2) is 4.55. The molecule has 4 nitrogen and oxygen atoms in total. The molecule has 0 saturated heterocycles. The van der Waals surface area contributed by atoms with Gasteiger partial charge in [0.05, 0.1) is 16.3 Å². The van der Waals surface area contributed by atoms with Crippen LogP contribution in [0, 0.1) is 5.92 Å². The van der Waals surface area contributed by atoms with Gasteiger partial charge in [0.2, 0.25) is 5.91 Å². The summed E-state index contributed by atoms with van der Waals surface area (Å²) in [4.78, 5) is 22.6. The Morgan fingerprint density at radius 3 is 2.47 bits per heavy atom. The number of carbonyl (C=O) groups excluding carboxylic acids is 1. The first-order valence-corrected chi connectivity index (χ1v) is 5.78. The Bertz CT molecular complexity index is 498. The molecule has 1 fully saturated rings. The van der Waals surface area contributed by atoms with E-state index in [1.54, 1.807) is 0 Å². The van der Waals surface area contributed by atoms with Gasteiger partial charge >= 0.3 is 5.97 Å². The molecule has 1 amide bonds.